The molecule has 1 saturated heterocycles. The highest BCUT2D eigenvalue weighted by Crippen LogP contribution is 2.57. The van der Waals surface area contributed by atoms with Crippen molar-refractivity contribution in [3.63, 3.8) is 0 Å². The smallest absolute Gasteiger partial charge is 0.171 e. The monoisotopic (exact) mass is 480 g/mol. The number of halogens is 2. The molecule has 1 spiro atoms. The van der Waals surface area contributed by atoms with Gasteiger partial charge in [0.15, 0.2) is 17.4 Å². The highest BCUT2D eigenvalue weighted by molar-refractivity contribution is 6.30. The number of anilines is 1. The fourth-order valence-electron chi connectivity index (χ4n) is 6.15. The van der Waals surface area contributed by atoms with Gasteiger partial charge in [0.2, 0.25) is 0 Å². The number of hydrogen-bond donors (Lipinski definition) is 0. The van der Waals surface area contributed by atoms with Crippen molar-refractivity contribution in [2.45, 2.75) is 50.7 Å². The molecule has 0 N–H and O–H groups in total. The van der Waals surface area contributed by atoms with Crippen LogP contribution in [-0.4, -0.2) is 50.9 Å². The molecule has 2 aliphatic carbocycles. The van der Waals surface area contributed by atoms with E-state index >= 15 is 0 Å². The second-order valence-corrected chi connectivity index (χ2v) is 10.8. The topological polar surface area (TPSA) is 59.3 Å². The van der Waals surface area contributed by atoms with E-state index in [1.54, 1.807) is 7.11 Å². The maximum Gasteiger partial charge on any atom is 0.171 e. The summed E-state index contributed by atoms with van der Waals surface area (Å²) in [6.45, 7) is 3.54. The van der Waals surface area contributed by atoms with Crippen LogP contribution in [0.25, 0.3) is 5.69 Å². The van der Waals surface area contributed by atoms with Gasteiger partial charge in [0, 0.05) is 48.1 Å². The molecule has 0 radical (unpaired) electrons. The number of ether oxygens (including phenoxy) is 1. The van der Waals surface area contributed by atoms with Crippen LogP contribution < -0.4 is 9.64 Å². The Labute approximate surface area is 202 Å². The van der Waals surface area contributed by atoms with Gasteiger partial charge in [0.25, 0.3) is 0 Å². The van der Waals surface area contributed by atoms with Crippen molar-refractivity contribution >= 4 is 17.4 Å². The van der Waals surface area contributed by atoms with Gasteiger partial charge in [0.05, 0.1) is 25.5 Å². The normalized spacial score (nSPS) is 21.4. The van der Waals surface area contributed by atoms with Gasteiger partial charge in [-0.2, -0.15) is 0 Å². The van der Waals surface area contributed by atoms with Crippen LogP contribution in [0.3, 0.4) is 0 Å². The third kappa shape index (κ3) is 3.22. The summed E-state index contributed by atoms with van der Waals surface area (Å²) in [5, 5.41) is 10.1. The Hall–Kier alpha value is -2.71. The number of aromatic nitrogens is 4. The third-order valence-electron chi connectivity index (χ3n) is 7.91. The van der Waals surface area contributed by atoms with Gasteiger partial charge in [-0.25, -0.2) is 9.37 Å². The molecule has 4 heterocycles. The predicted octanol–water partition coefficient (Wildman–Crippen LogP) is 4.33. The van der Waals surface area contributed by atoms with Crippen molar-refractivity contribution in [2.24, 2.45) is 5.41 Å². The molecule has 9 heteroatoms. The van der Waals surface area contributed by atoms with E-state index in [-0.39, 0.29) is 11.2 Å². The largest absolute Gasteiger partial charge is 0.493 e. The summed E-state index contributed by atoms with van der Waals surface area (Å²) in [6, 6.07) is 8.23. The van der Waals surface area contributed by atoms with Crippen molar-refractivity contribution in [1.29, 1.82) is 0 Å². The fourth-order valence-corrected chi connectivity index (χ4v) is 6.35. The van der Waals surface area contributed by atoms with E-state index in [4.69, 9.17) is 21.4 Å². The van der Waals surface area contributed by atoms with E-state index in [1.165, 1.54) is 36.4 Å². The van der Waals surface area contributed by atoms with Gasteiger partial charge in [0.1, 0.15) is 11.6 Å². The lowest BCUT2D eigenvalue weighted by atomic mass is 9.57. The Kier molecular flexibility index (Phi) is 4.49. The Morgan fingerprint density at radius 2 is 1.94 bits per heavy atom. The molecule has 7 rings (SSSR count). The summed E-state index contributed by atoms with van der Waals surface area (Å²) in [6.07, 6.45) is 5.91. The van der Waals surface area contributed by atoms with Crippen LogP contribution >= 0.6 is 11.6 Å². The SMILES string of the molecule is COc1cc(F)cnc1N1CC2(CC(c3nnc4n3-c3ccc(Cl)cc3CN(C3CC3)C4)C2)C1. The Morgan fingerprint density at radius 3 is 2.71 bits per heavy atom. The number of nitrogens with zero attached hydrogens (tertiary/aromatic N) is 6. The van der Waals surface area contributed by atoms with Crippen LogP contribution in [0.15, 0.2) is 30.5 Å². The highest BCUT2D eigenvalue weighted by Gasteiger charge is 2.55. The molecule has 176 valence electrons. The van der Waals surface area contributed by atoms with Gasteiger partial charge >= 0.3 is 0 Å². The molecule has 3 fully saturated rings. The molecule has 2 saturated carbocycles. The molecule has 0 bridgehead atoms. The first-order chi connectivity index (χ1) is 16.5. The fraction of sp³-hybridized carbons (Fsp3) is 0.480. The predicted molar refractivity (Wildman–Crippen MR) is 126 cm³/mol. The summed E-state index contributed by atoms with van der Waals surface area (Å²) < 4.78 is 21.2. The Bertz CT molecular complexity index is 1280. The van der Waals surface area contributed by atoms with Crippen LogP contribution in [0.1, 0.15) is 48.8 Å². The van der Waals surface area contributed by atoms with E-state index in [9.17, 15) is 4.39 Å². The Morgan fingerprint density at radius 1 is 1.12 bits per heavy atom. The summed E-state index contributed by atoms with van der Waals surface area (Å²) in [4.78, 5) is 8.97. The molecule has 3 aromatic rings. The van der Waals surface area contributed by atoms with Crippen LogP contribution in [0.2, 0.25) is 5.02 Å². The zero-order valence-electron chi connectivity index (χ0n) is 19.0. The highest BCUT2D eigenvalue weighted by atomic mass is 35.5. The zero-order valence-corrected chi connectivity index (χ0v) is 19.8. The molecule has 0 amide bonds. The van der Waals surface area contributed by atoms with Gasteiger partial charge in [-0.3, -0.25) is 9.47 Å². The molecule has 7 nitrogen and oxygen atoms in total. The van der Waals surface area contributed by atoms with Gasteiger partial charge in [-0.05, 0) is 49.4 Å². The number of benzene rings is 1. The summed E-state index contributed by atoms with van der Waals surface area (Å²) in [5.74, 6) is 3.30. The number of methoxy groups -OCH3 is 1. The number of fused-ring (bicyclic) bond motifs is 3. The number of pyridine rings is 1. The summed E-state index contributed by atoms with van der Waals surface area (Å²) in [5.41, 5.74) is 2.67. The summed E-state index contributed by atoms with van der Waals surface area (Å²) in [7, 11) is 1.56. The van der Waals surface area contributed by atoms with Gasteiger partial charge in [-0.1, -0.05) is 11.6 Å². The first-order valence-corrected chi connectivity index (χ1v) is 12.3. The first-order valence-electron chi connectivity index (χ1n) is 11.9. The molecule has 34 heavy (non-hydrogen) atoms. The van der Waals surface area contributed by atoms with Crippen LogP contribution in [0.5, 0.6) is 5.75 Å². The molecule has 0 atom stereocenters. The van der Waals surface area contributed by atoms with Crippen molar-refractivity contribution in [1.82, 2.24) is 24.6 Å². The minimum atomic E-state index is -0.381. The van der Waals surface area contributed by atoms with Crippen LogP contribution in [-0.2, 0) is 13.1 Å². The van der Waals surface area contributed by atoms with E-state index in [1.807, 2.05) is 6.07 Å². The lowest BCUT2D eigenvalue weighted by Crippen LogP contribution is -2.62. The maximum absolute atomic E-state index is 13.5. The van der Waals surface area contributed by atoms with E-state index in [0.29, 0.717) is 17.7 Å². The zero-order chi connectivity index (χ0) is 23.0. The molecule has 2 aliphatic heterocycles. The molecule has 1 aromatic carbocycles. The maximum atomic E-state index is 13.5. The molecular formula is C25H26ClFN6O. The number of hydrogen-bond acceptors (Lipinski definition) is 6. The Balaban J connectivity index is 1.13. The lowest BCUT2D eigenvalue weighted by Gasteiger charge is -2.59. The van der Waals surface area contributed by atoms with Crippen molar-refractivity contribution < 1.29 is 9.13 Å². The quantitative estimate of drug-likeness (QED) is 0.554. The van der Waals surface area contributed by atoms with E-state index in [0.717, 1.165) is 61.5 Å². The molecular weight excluding hydrogens is 455 g/mol. The van der Waals surface area contributed by atoms with E-state index in [2.05, 4.69) is 36.6 Å². The average Bonchev–Trinajstić information content (AvgIpc) is 3.56. The summed E-state index contributed by atoms with van der Waals surface area (Å²) >= 11 is 6.37. The lowest BCUT2D eigenvalue weighted by molar-refractivity contribution is 0.0577. The van der Waals surface area contributed by atoms with Gasteiger partial charge in [-0.15, -0.1) is 10.2 Å². The molecule has 2 aromatic heterocycles. The van der Waals surface area contributed by atoms with Crippen LogP contribution in [0, 0.1) is 11.2 Å². The average molecular weight is 481 g/mol. The minimum Gasteiger partial charge on any atom is -0.493 e. The first kappa shape index (κ1) is 20.6. The third-order valence-corrected chi connectivity index (χ3v) is 8.15. The number of rotatable bonds is 4. The van der Waals surface area contributed by atoms with Gasteiger partial charge < -0.3 is 9.64 Å². The van der Waals surface area contributed by atoms with Crippen molar-refractivity contribution in [2.75, 3.05) is 25.1 Å². The molecule has 4 aliphatic rings. The standard InChI is InChI=1S/C25H26ClFN6O/c1-34-21-7-18(27)10-28-24(21)32-13-25(14-32)8-16(9-25)23-30-29-22-12-31(19-3-4-19)11-15-6-17(26)2-5-20(15)33(22)23/h2,5-7,10,16,19H,3-4,8-9,11-14H2,1H3. The van der Waals surface area contributed by atoms with Crippen molar-refractivity contribution in [3.05, 3.63) is 58.5 Å². The van der Waals surface area contributed by atoms with E-state index < -0.39 is 0 Å². The van der Waals surface area contributed by atoms with Crippen LogP contribution in [0.4, 0.5) is 10.2 Å². The molecule has 0 unspecified atom stereocenters. The second-order valence-electron chi connectivity index (χ2n) is 10.4. The minimum absolute atomic E-state index is 0.256. The van der Waals surface area contributed by atoms with Crippen molar-refractivity contribution in [3.8, 4) is 11.4 Å². The second kappa shape index (κ2) is 7.39.